The average Bonchev–Trinajstić information content (AvgIpc) is 2.39. The minimum Gasteiger partial charge on any atom is -0.399 e. The number of benzene rings is 2. The lowest BCUT2D eigenvalue weighted by Gasteiger charge is -1.99. The molecule has 5 heteroatoms. The highest BCUT2D eigenvalue weighted by Gasteiger charge is 2.11. The molecule has 0 heterocycles. The Morgan fingerprint density at radius 3 is 2.21 bits per heavy atom. The molecule has 0 spiro atoms. The lowest BCUT2D eigenvalue weighted by Crippen LogP contribution is -1.94. The number of nitro benzene ring substituents is 1. The normalized spacial score (nSPS) is 10.7. The third-order valence-electron chi connectivity index (χ3n) is 2.64. The van der Waals surface area contributed by atoms with Gasteiger partial charge in [0.2, 0.25) is 0 Å². The van der Waals surface area contributed by atoms with Crippen molar-refractivity contribution in [2.24, 2.45) is 0 Å². The molecule has 0 aromatic heterocycles. The Morgan fingerprint density at radius 1 is 0.947 bits per heavy atom. The Bertz CT molecular complexity index is 634. The Labute approximate surface area is 110 Å². The molecule has 2 rings (SSSR count). The fourth-order valence-electron chi connectivity index (χ4n) is 1.65. The molecule has 0 atom stereocenters. The van der Waals surface area contributed by atoms with Crippen molar-refractivity contribution in [3.8, 4) is 0 Å². The standard InChI is InChI=1S/C14H13N3O2/c15-12-6-2-10(3-7-12)1-4-11-5-8-13(16)9-14(11)17(18)19/h1-9H,15-16H2. The van der Waals surface area contributed by atoms with Crippen LogP contribution >= 0.6 is 0 Å². The zero-order valence-electron chi connectivity index (χ0n) is 10.1. The summed E-state index contributed by atoms with van der Waals surface area (Å²) in [7, 11) is 0. The second kappa shape index (κ2) is 5.22. The van der Waals surface area contributed by atoms with Crippen molar-refractivity contribution in [2.75, 3.05) is 11.5 Å². The van der Waals surface area contributed by atoms with Gasteiger partial charge in [-0.1, -0.05) is 18.2 Å². The SMILES string of the molecule is Nc1ccc(C=Cc2ccc(N)cc2[N+](=O)[O-])cc1. The van der Waals surface area contributed by atoms with Crippen LogP contribution in [0.1, 0.15) is 11.1 Å². The molecule has 0 aliphatic rings. The van der Waals surface area contributed by atoms with Crippen LogP contribution < -0.4 is 11.5 Å². The van der Waals surface area contributed by atoms with E-state index in [1.54, 1.807) is 36.4 Å². The van der Waals surface area contributed by atoms with Crippen LogP contribution in [0.2, 0.25) is 0 Å². The molecule has 0 saturated heterocycles. The van der Waals surface area contributed by atoms with E-state index in [2.05, 4.69) is 0 Å². The van der Waals surface area contributed by atoms with Crippen LogP contribution in [0.5, 0.6) is 0 Å². The average molecular weight is 255 g/mol. The van der Waals surface area contributed by atoms with Crippen molar-refractivity contribution in [3.05, 3.63) is 63.7 Å². The molecular formula is C14H13N3O2. The quantitative estimate of drug-likeness (QED) is 0.381. The molecule has 2 aromatic carbocycles. The number of nitrogens with zero attached hydrogens (tertiary/aromatic N) is 1. The van der Waals surface area contributed by atoms with Crippen molar-refractivity contribution in [1.82, 2.24) is 0 Å². The number of rotatable bonds is 3. The van der Waals surface area contributed by atoms with Gasteiger partial charge in [-0.05, 0) is 35.9 Å². The number of hydrogen-bond acceptors (Lipinski definition) is 4. The van der Waals surface area contributed by atoms with E-state index < -0.39 is 4.92 Å². The largest absolute Gasteiger partial charge is 0.399 e. The first-order valence-corrected chi connectivity index (χ1v) is 5.64. The third-order valence-corrected chi connectivity index (χ3v) is 2.64. The minimum absolute atomic E-state index is 0.00769. The number of nitrogens with two attached hydrogens (primary N) is 2. The fraction of sp³-hybridized carbons (Fsp3) is 0. The van der Waals surface area contributed by atoms with Crippen molar-refractivity contribution < 1.29 is 4.92 Å². The summed E-state index contributed by atoms with van der Waals surface area (Å²) in [4.78, 5) is 10.5. The van der Waals surface area contributed by atoms with Gasteiger partial charge >= 0.3 is 0 Å². The second-order valence-electron chi connectivity index (χ2n) is 4.08. The van der Waals surface area contributed by atoms with Crippen LogP contribution in [0.4, 0.5) is 17.1 Å². The first-order valence-electron chi connectivity index (χ1n) is 5.64. The van der Waals surface area contributed by atoms with E-state index in [1.165, 1.54) is 6.07 Å². The van der Waals surface area contributed by atoms with E-state index in [4.69, 9.17) is 11.5 Å². The maximum Gasteiger partial charge on any atom is 0.278 e. The summed E-state index contributed by atoms with van der Waals surface area (Å²) in [6.45, 7) is 0. The van der Waals surface area contributed by atoms with Crippen LogP contribution in [-0.2, 0) is 0 Å². The number of nitrogen functional groups attached to an aromatic ring is 2. The van der Waals surface area contributed by atoms with E-state index in [-0.39, 0.29) is 5.69 Å². The third kappa shape index (κ3) is 3.10. The zero-order valence-corrected chi connectivity index (χ0v) is 10.1. The number of anilines is 2. The second-order valence-corrected chi connectivity index (χ2v) is 4.08. The summed E-state index contributed by atoms with van der Waals surface area (Å²) < 4.78 is 0. The lowest BCUT2D eigenvalue weighted by atomic mass is 10.1. The van der Waals surface area contributed by atoms with Gasteiger partial charge < -0.3 is 11.5 Å². The highest BCUT2D eigenvalue weighted by atomic mass is 16.6. The first kappa shape index (κ1) is 12.6. The van der Waals surface area contributed by atoms with Crippen molar-refractivity contribution in [1.29, 1.82) is 0 Å². The predicted octanol–water partition coefficient (Wildman–Crippen LogP) is 2.93. The van der Waals surface area contributed by atoms with E-state index in [0.29, 0.717) is 16.9 Å². The van der Waals surface area contributed by atoms with Gasteiger partial charge in [0.05, 0.1) is 10.5 Å². The molecule has 0 aliphatic carbocycles. The van der Waals surface area contributed by atoms with E-state index in [9.17, 15) is 10.1 Å². The smallest absolute Gasteiger partial charge is 0.278 e. The fourth-order valence-corrected chi connectivity index (χ4v) is 1.65. The number of hydrogen-bond donors (Lipinski definition) is 2. The first-order chi connectivity index (χ1) is 9.06. The molecule has 0 unspecified atom stereocenters. The summed E-state index contributed by atoms with van der Waals surface area (Å²) in [5, 5.41) is 10.9. The van der Waals surface area contributed by atoms with Crippen molar-refractivity contribution in [3.63, 3.8) is 0 Å². The summed E-state index contributed by atoms with van der Waals surface area (Å²) in [6.07, 6.45) is 3.47. The Kier molecular flexibility index (Phi) is 3.47. The maximum absolute atomic E-state index is 10.9. The molecule has 2 aromatic rings. The molecule has 0 fully saturated rings. The Morgan fingerprint density at radius 2 is 1.58 bits per heavy atom. The van der Waals surface area contributed by atoms with Gasteiger partial charge in [0.1, 0.15) is 0 Å². The van der Waals surface area contributed by atoms with E-state index in [1.807, 2.05) is 12.1 Å². The molecule has 0 amide bonds. The molecule has 4 N–H and O–H groups in total. The molecule has 0 saturated carbocycles. The van der Waals surface area contributed by atoms with Gasteiger partial charge in [-0.25, -0.2) is 0 Å². The molecular weight excluding hydrogens is 242 g/mol. The highest BCUT2D eigenvalue weighted by molar-refractivity contribution is 5.75. The molecule has 96 valence electrons. The molecule has 5 nitrogen and oxygen atoms in total. The van der Waals surface area contributed by atoms with Gasteiger partial charge in [-0.3, -0.25) is 10.1 Å². The Balaban J connectivity index is 2.32. The monoisotopic (exact) mass is 255 g/mol. The lowest BCUT2D eigenvalue weighted by molar-refractivity contribution is -0.385. The molecule has 0 radical (unpaired) electrons. The van der Waals surface area contributed by atoms with Crippen LogP contribution in [0.15, 0.2) is 42.5 Å². The zero-order chi connectivity index (χ0) is 13.8. The predicted molar refractivity (Wildman–Crippen MR) is 77.3 cm³/mol. The highest BCUT2D eigenvalue weighted by Crippen LogP contribution is 2.23. The minimum atomic E-state index is -0.445. The molecule has 0 aliphatic heterocycles. The van der Waals surface area contributed by atoms with E-state index >= 15 is 0 Å². The van der Waals surface area contributed by atoms with Gasteiger partial charge in [0.25, 0.3) is 5.69 Å². The van der Waals surface area contributed by atoms with Gasteiger partial charge in [-0.2, -0.15) is 0 Å². The molecule has 19 heavy (non-hydrogen) atoms. The van der Waals surface area contributed by atoms with Crippen LogP contribution in [0, 0.1) is 10.1 Å². The van der Waals surface area contributed by atoms with Crippen LogP contribution in [0.3, 0.4) is 0 Å². The number of nitro groups is 1. The molecule has 0 bridgehead atoms. The summed E-state index contributed by atoms with van der Waals surface area (Å²) >= 11 is 0. The van der Waals surface area contributed by atoms with Gasteiger partial charge in [-0.15, -0.1) is 0 Å². The topological polar surface area (TPSA) is 95.2 Å². The summed E-state index contributed by atoms with van der Waals surface area (Å²) in [6, 6.07) is 11.8. The van der Waals surface area contributed by atoms with Gasteiger partial charge in [0.15, 0.2) is 0 Å². The van der Waals surface area contributed by atoms with Crippen LogP contribution in [0.25, 0.3) is 12.2 Å². The van der Waals surface area contributed by atoms with Crippen molar-refractivity contribution >= 4 is 29.2 Å². The summed E-state index contributed by atoms with van der Waals surface area (Å²) in [5.41, 5.74) is 13.6. The summed E-state index contributed by atoms with van der Waals surface area (Å²) in [5.74, 6) is 0. The van der Waals surface area contributed by atoms with Crippen LogP contribution in [-0.4, -0.2) is 4.92 Å². The van der Waals surface area contributed by atoms with Gasteiger partial charge in [0, 0.05) is 17.4 Å². The van der Waals surface area contributed by atoms with Crippen molar-refractivity contribution in [2.45, 2.75) is 0 Å². The maximum atomic E-state index is 10.9. The Hall–Kier alpha value is -2.82. The van der Waals surface area contributed by atoms with E-state index in [0.717, 1.165) is 5.56 Å².